The Morgan fingerprint density at radius 2 is 2.00 bits per heavy atom. The Labute approximate surface area is 133 Å². The highest BCUT2D eigenvalue weighted by atomic mass is 35.5. The molecule has 0 saturated carbocycles. The number of amides is 1. The molecule has 5 heteroatoms. The van der Waals surface area contributed by atoms with Crippen molar-refractivity contribution in [3.63, 3.8) is 0 Å². The van der Waals surface area contributed by atoms with Crippen LogP contribution in [0.25, 0.3) is 11.3 Å². The number of fused-ring (bicyclic) bond motifs is 2. The number of carbonyl (C=O) groups is 1. The van der Waals surface area contributed by atoms with Gasteiger partial charge in [-0.15, -0.1) is 0 Å². The second kappa shape index (κ2) is 5.45. The van der Waals surface area contributed by atoms with Crippen molar-refractivity contribution in [2.45, 2.75) is 37.4 Å². The highest BCUT2D eigenvalue weighted by molar-refractivity contribution is 6.30. The Morgan fingerprint density at radius 1 is 1.18 bits per heavy atom. The molecule has 1 aromatic carbocycles. The summed E-state index contributed by atoms with van der Waals surface area (Å²) >= 11 is 5.88. The summed E-state index contributed by atoms with van der Waals surface area (Å²) in [7, 11) is 0. The average molecular weight is 317 g/mol. The van der Waals surface area contributed by atoms with Crippen LogP contribution in [0.5, 0.6) is 0 Å². The standard InChI is InChI=1S/C17H17ClN2O2/c18-11-3-1-10(2-4-11)15-7-8-16(22-15)17(21)20-14-9-12-5-6-13(14)19-12/h1-4,7-8,12-14,19H,5-6,9H2,(H,20,21)/t12-,13-,14+/m0/s1. The van der Waals surface area contributed by atoms with Crippen LogP contribution in [-0.2, 0) is 0 Å². The van der Waals surface area contributed by atoms with E-state index < -0.39 is 0 Å². The molecule has 114 valence electrons. The quantitative estimate of drug-likeness (QED) is 0.914. The lowest BCUT2D eigenvalue weighted by Crippen LogP contribution is -2.42. The number of carbonyl (C=O) groups excluding carboxylic acids is 1. The molecule has 0 spiro atoms. The van der Waals surface area contributed by atoms with E-state index in [1.807, 2.05) is 18.2 Å². The van der Waals surface area contributed by atoms with Gasteiger partial charge in [0.1, 0.15) is 5.76 Å². The zero-order valence-electron chi connectivity index (χ0n) is 12.0. The Balaban J connectivity index is 1.46. The first-order valence-electron chi connectivity index (χ1n) is 7.62. The van der Waals surface area contributed by atoms with E-state index in [4.69, 9.17) is 16.0 Å². The van der Waals surface area contributed by atoms with Crippen molar-refractivity contribution in [3.8, 4) is 11.3 Å². The van der Waals surface area contributed by atoms with Crippen LogP contribution < -0.4 is 10.6 Å². The van der Waals surface area contributed by atoms with Gasteiger partial charge in [-0.3, -0.25) is 4.79 Å². The van der Waals surface area contributed by atoms with Crippen molar-refractivity contribution in [2.24, 2.45) is 0 Å². The van der Waals surface area contributed by atoms with E-state index in [2.05, 4.69) is 10.6 Å². The number of rotatable bonds is 3. The highest BCUT2D eigenvalue weighted by Gasteiger charge is 2.39. The predicted octanol–water partition coefficient (Wildman–Crippen LogP) is 3.22. The Morgan fingerprint density at radius 3 is 2.68 bits per heavy atom. The fourth-order valence-corrected chi connectivity index (χ4v) is 3.58. The van der Waals surface area contributed by atoms with Crippen molar-refractivity contribution in [1.82, 2.24) is 10.6 Å². The maximum absolute atomic E-state index is 12.3. The van der Waals surface area contributed by atoms with Gasteiger partial charge in [-0.25, -0.2) is 0 Å². The van der Waals surface area contributed by atoms with E-state index in [1.54, 1.807) is 18.2 Å². The molecule has 1 amide bonds. The van der Waals surface area contributed by atoms with Gasteiger partial charge in [0.05, 0.1) is 0 Å². The van der Waals surface area contributed by atoms with Crippen LogP contribution in [0.3, 0.4) is 0 Å². The van der Waals surface area contributed by atoms with Crippen molar-refractivity contribution in [2.75, 3.05) is 0 Å². The maximum Gasteiger partial charge on any atom is 0.287 e. The minimum Gasteiger partial charge on any atom is -0.451 e. The van der Waals surface area contributed by atoms with Crippen molar-refractivity contribution in [1.29, 1.82) is 0 Å². The van der Waals surface area contributed by atoms with Gasteiger partial charge in [0, 0.05) is 28.7 Å². The molecule has 2 aliphatic rings. The number of furan rings is 1. The van der Waals surface area contributed by atoms with Gasteiger partial charge < -0.3 is 15.1 Å². The van der Waals surface area contributed by atoms with Crippen LogP contribution in [0.4, 0.5) is 0 Å². The van der Waals surface area contributed by atoms with E-state index in [9.17, 15) is 4.79 Å². The van der Waals surface area contributed by atoms with E-state index in [-0.39, 0.29) is 11.9 Å². The van der Waals surface area contributed by atoms with Gasteiger partial charge in [-0.05, 0) is 55.7 Å². The molecule has 0 aliphatic carbocycles. The second-order valence-electron chi connectivity index (χ2n) is 6.03. The van der Waals surface area contributed by atoms with Crippen molar-refractivity contribution in [3.05, 3.63) is 47.2 Å². The largest absolute Gasteiger partial charge is 0.451 e. The maximum atomic E-state index is 12.3. The summed E-state index contributed by atoms with van der Waals surface area (Å²) in [6.45, 7) is 0. The number of nitrogens with one attached hydrogen (secondary N) is 2. The fraction of sp³-hybridized carbons (Fsp3) is 0.353. The normalized spacial score (nSPS) is 26.3. The number of hydrogen-bond acceptors (Lipinski definition) is 3. The average Bonchev–Trinajstić information content (AvgIpc) is 3.24. The Kier molecular flexibility index (Phi) is 3.43. The predicted molar refractivity (Wildman–Crippen MR) is 85.0 cm³/mol. The summed E-state index contributed by atoms with van der Waals surface area (Å²) in [4.78, 5) is 12.3. The molecule has 2 bridgehead atoms. The lowest BCUT2D eigenvalue weighted by atomic mass is 9.95. The molecular weight excluding hydrogens is 300 g/mol. The third-order valence-corrected chi connectivity index (χ3v) is 4.83. The van der Waals surface area contributed by atoms with E-state index in [0.29, 0.717) is 28.6 Å². The van der Waals surface area contributed by atoms with Gasteiger partial charge >= 0.3 is 0 Å². The van der Waals surface area contributed by atoms with Crippen LogP contribution in [0, 0.1) is 0 Å². The van der Waals surface area contributed by atoms with E-state index in [0.717, 1.165) is 18.4 Å². The zero-order valence-corrected chi connectivity index (χ0v) is 12.8. The van der Waals surface area contributed by atoms with E-state index >= 15 is 0 Å². The molecule has 2 aliphatic heterocycles. The molecule has 0 radical (unpaired) electrons. The number of hydrogen-bond donors (Lipinski definition) is 2. The number of benzene rings is 1. The monoisotopic (exact) mass is 316 g/mol. The topological polar surface area (TPSA) is 54.3 Å². The summed E-state index contributed by atoms with van der Waals surface area (Å²) in [5, 5.41) is 7.28. The summed E-state index contributed by atoms with van der Waals surface area (Å²) in [5.74, 6) is 0.889. The van der Waals surface area contributed by atoms with Crippen LogP contribution >= 0.6 is 11.6 Å². The number of halogens is 1. The first-order valence-corrected chi connectivity index (χ1v) is 7.99. The fourth-order valence-electron chi connectivity index (χ4n) is 3.45. The summed E-state index contributed by atoms with van der Waals surface area (Å²) in [6.07, 6.45) is 3.38. The molecule has 4 nitrogen and oxygen atoms in total. The smallest absolute Gasteiger partial charge is 0.287 e. The van der Waals surface area contributed by atoms with Crippen LogP contribution in [-0.4, -0.2) is 24.0 Å². The molecule has 3 atom stereocenters. The minimum atomic E-state index is -0.139. The lowest BCUT2D eigenvalue weighted by Gasteiger charge is -2.20. The van der Waals surface area contributed by atoms with Gasteiger partial charge in [0.2, 0.25) is 0 Å². The molecule has 2 fully saturated rings. The van der Waals surface area contributed by atoms with Crippen LogP contribution in [0.2, 0.25) is 5.02 Å². The first-order chi connectivity index (χ1) is 10.7. The third kappa shape index (κ3) is 2.53. The van der Waals surface area contributed by atoms with Crippen molar-refractivity contribution >= 4 is 17.5 Å². The zero-order chi connectivity index (χ0) is 15.1. The second-order valence-corrected chi connectivity index (χ2v) is 6.47. The molecule has 0 unspecified atom stereocenters. The molecule has 2 N–H and O–H groups in total. The Hall–Kier alpha value is -1.78. The van der Waals surface area contributed by atoms with Gasteiger partial charge in [-0.1, -0.05) is 11.6 Å². The SMILES string of the molecule is O=C(N[C@@H]1C[C@@H]2CC[C@@H]1N2)c1ccc(-c2ccc(Cl)cc2)o1. The molecule has 2 saturated heterocycles. The van der Waals surface area contributed by atoms with Crippen LogP contribution in [0.1, 0.15) is 29.8 Å². The molecule has 4 rings (SSSR count). The molecule has 1 aromatic heterocycles. The van der Waals surface area contributed by atoms with E-state index in [1.165, 1.54) is 6.42 Å². The van der Waals surface area contributed by atoms with Crippen molar-refractivity contribution < 1.29 is 9.21 Å². The summed E-state index contributed by atoms with van der Waals surface area (Å²) in [6, 6.07) is 12.1. The molecule has 22 heavy (non-hydrogen) atoms. The molecular formula is C17H17ClN2O2. The summed E-state index contributed by atoms with van der Waals surface area (Å²) in [5.41, 5.74) is 0.907. The van der Waals surface area contributed by atoms with Gasteiger partial charge in [0.15, 0.2) is 5.76 Å². The molecule has 2 aromatic rings. The lowest BCUT2D eigenvalue weighted by molar-refractivity contribution is 0.0903. The summed E-state index contributed by atoms with van der Waals surface area (Å²) < 4.78 is 5.69. The van der Waals surface area contributed by atoms with Gasteiger partial charge in [-0.2, -0.15) is 0 Å². The minimum absolute atomic E-state index is 0.139. The highest BCUT2D eigenvalue weighted by Crippen LogP contribution is 2.29. The first kappa shape index (κ1) is 13.9. The molecule has 3 heterocycles. The van der Waals surface area contributed by atoms with Gasteiger partial charge in [0.25, 0.3) is 5.91 Å². The van der Waals surface area contributed by atoms with Crippen LogP contribution in [0.15, 0.2) is 40.8 Å². The third-order valence-electron chi connectivity index (χ3n) is 4.58. The Bertz CT molecular complexity index is 695.